The molecule has 0 amide bonds. The molecule has 1 unspecified atom stereocenters. The normalized spacial score (nSPS) is 19.5. The molecule has 1 heterocycles. The summed E-state index contributed by atoms with van der Waals surface area (Å²) in [6.45, 7) is 9.78. The zero-order chi connectivity index (χ0) is 15.3. The lowest BCUT2D eigenvalue weighted by Gasteiger charge is -2.40. The highest BCUT2D eigenvalue weighted by Crippen LogP contribution is 2.26. The molecule has 1 fully saturated rings. The van der Waals surface area contributed by atoms with Gasteiger partial charge in [0.25, 0.3) is 0 Å². The lowest BCUT2D eigenvalue weighted by atomic mass is 9.86. The minimum Gasteiger partial charge on any atom is -0.396 e. The van der Waals surface area contributed by atoms with Crippen LogP contribution in [0.2, 0.25) is 5.02 Å². The quantitative estimate of drug-likeness (QED) is 0.873. The van der Waals surface area contributed by atoms with Gasteiger partial charge in [0.05, 0.1) is 0 Å². The molecule has 0 radical (unpaired) electrons. The van der Waals surface area contributed by atoms with Crippen LogP contribution in [0.15, 0.2) is 24.3 Å². The van der Waals surface area contributed by atoms with Gasteiger partial charge in [0, 0.05) is 55.5 Å². The Kier molecular flexibility index (Phi) is 5.91. The van der Waals surface area contributed by atoms with Crippen LogP contribution in [0.4, 0.5) is 5.69 Å². The van der Waals surface area contributed by atoms with Crippen LogP contribution in [-0.2, 0) is 0 Å². The molecule has 1 aliphatic heterocycles. The molecule has 0 saturated carbocycles. The van der Waals surface area contributed by atoms with Gasteiger partial charge in [-0.15, -0.1) is 0 Å². The van der Waals surface area contributed by atoms with Crippen LogP contribution in [0.25, 0.3) is 0 Å². The number of aliphatic hydroxyl groups is 1. The Hall–Kier alpha value is -0.770. The summed E-state index contributed by atoms with van der Waals surface area (Å²) in [6.07, 6.45) is 2.21. The second kappa shape index (κ2) is 7.48. The third-order valence-electron chi connectivity index (χ3n) is 4.39. The van der Waals surface area contributed by atoms with Crippen molar-refractivity contribution in [2.75, 3.05) is 44.2 Å². The molecule has 1 saturated heterocycles. The second-order valence-electron chi connectivity index (χ2n) is 6.46. The Balaban J connectivity index is 1.88. The van der Waals surface area contributed by atoms with Crippen molar-refractivity contribution in [1.29, 1.82) is 0 Å². The van der Waals surface area contributed by atoms with Gasteiger partial charge in [-0.1, -0.05) is 37.9 Å². The third kappa shape index (κ3) is 4.60. The molecule has 0 aromatic heterocycles. The first-order valence-corrected chi connectivity index (χ1v) is 8.28. The fourth-order valence-corrected chi connectivity index (χ4v) is 3.37. The van der Waals surface area contributed by atoms with Crippen LogP contribution in [0.1, 0.15) is 26.7 Å². The van der Waals surface area contributed by atoms with E-state index in [4.69, 9.17) is 11.6 Å². The molecule has 1 atom stereocenters. The van der Waals surface area contributed by atoms with E-state index in [1.165, 1.54) is 5.69 Å². The van der Waals surface area contributed by atoms with Crippen molar-refractivity contribution in [1.82, 2.24) is 4.90 Å². The number of nitrogens with zero attached hydrogens (tertiary/aromatic N) is 2. The van der Waals surface area contributed by atoms with Crippen molar-refractivity contribution < 1.29 is 5.11 Å². The predicted octanol–water partition coefficient (Wildman–Crippen LogP) is 3.26. The first-order chi connectivity index (χ1) is 10.1. The Morgan fingerprint density at radius 3 is 2.52 bits per heavy atom. The van der Waals surface area contributed by atoms with Crippen LogP contribution in [0, 0.1) is 5.41 Å². The third-order valence-corrected chi connectivity index (χ3v) is 4.62. The van der Waals surface area contributed by atoms with E-state index >= 15 is 0 Å². The summed E-state index contributed by atoms with van der Waals surface area (Å²) in [5.74, 6) is 0. The van der Waals surface area contributed by atoms with Crippen molar-refractivity contribution in [3.05, 3.63) is 29.3 Å². The van der Waals surface area contributed by atoms with Crippen LogP contribution in [0.3, 0.4) is 0 Å². The molecule has 118 valence electrons. The largest absolute Gasteiger partial charge is 0.396 e. The Morgan fingerprint density at radius 1 is 1.24 bits per heavy atom. The predicted molar refractivity (Wildman–Crippen MR) is 90.2 cm³/mol. The highest BCUT2D eigenvalue weighted by Gasteiger charge is 2.27. The molecule has 0 aliphatic carbocycles. The van der Waals surface area contributed by atoms with Gasteiger partial charge in [-0.3, -0.25) is 4.90 Å². The molecular weight excluding hydrogens is 284 g/mol. The monoisotopic (exact) mass is 310 g/mol. The van der Waals surface area contributed by atoms with Gasteiger partial charge >= 0.3 is 0 Å². The van der Waals surface area contributed by atoms with E-state index in [9.17, 15) is 5.11 Å². The van der Waals surface area contributed by atoms with Crippen molar-refractivity contribution in [2.24, 2.45) is 5.41 Å². The summed E-state index contributed by atoms with van der Waals surface area (Å²) in [4.78, 5) is 4.87. The topological polar surface area (TPSA) is 26.7 Å². The molecule has 21 heavy (non-hydrogen) atoms. The van der Waals surface area contributed by atoms with Crippen LogP contribution in [0.5, 0.6) is 0 Å². The first kappa shape index (κ1) is 16.6. The lowest BCUT2D eigenvalue weighted by Crippen LogP contribution is -2.50. The van der Waals surface area contributed by atoms with Gasteiger partial charge in [0.1, 0.15) is 0 Å². The van der Waals surface area contributed by atoms with Crippen LogP contribution < -0.4 is 4.90 Å². The number of rotatable bonds is 6. The minimum absolute atomic E-state index is 0.0347. The van der Waals surface area contributed by atoms with E-state index in [1.54, 1.807) is 0 Å². The molecule has 3 nitrogen and oxygen atoms in total. The number of hydrogen-bond donors (Lipinski definition) is 1. The van der Waals surface area contributed by atoms with E-state index in [0.717, 1.165) is 50.6 Å². The summed E-state index contributed by atoms with van der Waals surface area (Å²) in [5, 5.41) is 10.5. The van der Waals surface area contributed by atoms with Crippen LogP contribution in [-0.4, -0.2) is 49.3 Å². The first-order valence-electron chi connectivity index (χ1n) is 7.90. The van der Waals surface area contributed by atoms with Gasteiger partial charge in [-0.05, 0) is 24.6 Å². The van der Waals surface area contributed by atoms with Gasteiger partial charge < -0.3 is 10.0 Å². The molecule has 4 heteroatoms. The Morgan fingerprint density at radius 2 is 1.95 bits per heavy atom. The number of aliphatic hydroxyl groups excluding tert-OH is 1. The van der Waals surface area contributed by atoms with Crippen molar-refractivity contribution in [3.63, 3.8) is 0 Å². The zero-order valence-electron chi connectivity index (χ0n) is 13.2. The summed E-state index contributed by atoms with van der Waals surface area (Å²) in [5.41, 5.74) is 1.24. The van der Waals surface area contributed by atoms with E-state index in [2.05, 4.69) is 29.7 Å². The van der Waals surface area contributed by atoms with Gasteiger partial charge in [0.2, 0.25) is 0 Å². The summed E-state index contributed by atoms with van der Waals surface area (Å²) < 4.78 is 0. The highest BCUT2D eigenvalue weighted by molar-refractivity contribution is 6.30. The maximum absolute atomic E-state index is 9.66. The Labute approximate surface area is 133 Å². The molecule has 2 rings (SSSR count). The molecule has 1 aromatic rings. The zero-order valence-corrected chi connectivity index (χ0v) is 13.9. The van der Waals surface area contributed by atoms with Gasteiger partial charge in [0.15, 0.2) is 0 Å². The molecule has 1 aliphatic rings. The summed E-state index contributed by atoms with van der Waals surface area (Å²) in [6, 6.07) is 8.08. The number of halogens is 1. The smallest absolute Gasteiger partial charge is 0.0497 e. The van der Waals surface area contributed by atoms with Gasteiger partial charge in [-0.2, -0.15) is 0 Å². The standard InChI is InChI=1S/C17H27ClN2O/c1-3-7-17(2,14-21)13-19-8-10-20(11-9-19)16-6-4-5-15(18)12-16/h4-6,12,21H,3,7-11,13-14H2,1-2H3. The number of anilines is 1. The highest BCUT2D eigenvalue weighted by atomic mass is 35.5. The van der Waals surface area contributed by atoms with E-state index < -0.39 is 0 Å². The van der Waals surface area contributed by atoms with E-state index in [0.29, 0.717) is 0 Å². The lowest BCUT2D eigenvalue weighted by molar-refractivity contribution is 0.0771. The molecular formula is C17H27ClN2O. The number of hydrogen-bond acceptors (Lipinski definition) is 3. The van der Waals surface area contributed by atoms with Gasteiger partial charge in [-0.25, -0.2) is 0 Å². The molecule has 0 spiro atoms. The molecule has 0 bridgehead atoms. The second-order valence-corrected chi connectivity index (χ2v) is 6.90. The van der Waals surface area contributed by atoms with Crippen molar-refractivity contribution >= 4 is 17.3 Å². The summed E-state index contributed by atoms with van der Waals surface area (Å²) >= 11 is 6.07. The number of benzene rings is 1. The maximum atomic E-state index is 9.66. The molecule has 1 N–H and O–H groups in total. The van der Waals surface area contributed by atoms with Crippen LogP contribution >= 0.6 is 11.6 Å². The fourth-order valence-electron chi connectivity index (χ4n) is 3.19. The van der Waals surface area contributed by atoms with Crippen molar-refractivity contribution in [2.45, 2.75) is 26.7 Å². The Bertz CT molecular complexity index is 446. The number of piperazine rings is 1. The average molecular weight is 311 g/mol. The van der Waals surface area contributed by atoms with E-state index in [1.807, 2.05) is 18.2 Å². The van der Waals surface area contributed by atoms with E-state index in [-0.39, 0.29) is 12.0 Å². The summed E-state index contributed by atoms with van der Waals surface area (Å²) in [7, 11) is 0. The van der Waals surface area contributed by atoms with Crippen molar-refractivity contribution in [3.8, 4) is 0 Å². The average Bonchev–Trinajstić information content (AvgIpc) is 2.48. The minimum atomic E-state index is 0.0347. The maximum Gasteiger partial charge on any atom is 0.0497 e. The molecule has 1 aromatic carbocycles. The fraction of sp³-hybridized carbons (Fsp3) is 0.647. The SMILES string of the molecule is CCCC(C)(CO)CN1CCN(c2cccc(Cl)c2)CC1.